The van der Waals surface area contributed by atoms with Gasteiger partial charge in [-0.3, -0.25) is 9.59 Å². The molecule has 2 aliphatic heterocycles. The molecule has 24 heavy (non-hydrogen) atoms. The summed E-state index contributed by atoms with van der Waals surface area (Å²) >= 11 is 1.78. The zero-order valence-electron chi connectivity index (χ0n) is 13.9. The molecule has 6 heteroatoms. The van der Waals surface area contributed by atoms with Crippen molar-refractivity contribution < 1.29 is 19.1 Å². The van der Waals surface area contributed by atoms with Crippen LogP contribution >= 0.6 is 11.8 Å². The number of carbonyl (C=O) groups is 2. The van der Waals surface area contributed by atoms with Crippen LogP contribution in [0, 0.1) is 0 Å². The number of anilines is 1. The van der Waals surface area contributed by atoms with Gasteiger partial charge in [0.25, 0.3) is 5.91 Å². The van der Waals surface area contributed by atoms with E-state index in [9.17, 15) is 9.59 Å². The molecular formula is C18H23NO4S. The Balaban J connectivity index is 1.59. The number of hydrogen-bond donors (Lipinski definition) is 0. The largest absolute Gasteiger partial charge is 0.455 e. The maximum absolute atomic E-state index is 12.6. The highest BCUT2D eigenvalue weighted by atomic mass is 32.2. The molecule has 0 radical (unpaired) electrons. The molecule has 0 bridgehead atoms. The Bertz CT molecular complexity index is 600. The first kappa shape index (κ1) is 17.3. The molecule has 3 rings (SSSR count). The number of esters is 1. The summed E-state index contributed by atoms with van der Waals surface area (Å²) in [6.45, 7) is 3.31. The number of amides is 1. The molecule has 0 saturated carbocycles. The summed E-state index contributed by atoms with van der Waals surface area (Å²) in [5.41, 5.74) is 0.909. The first-order chi connectivity index (χ1) is 11.6. The van der Waals surface area contributed by atoms with Crippen molar-refractivity contribution in [1.82, 2.24) is 0 Å². The molecular weight excluding hydrogens is 326 g/mol. The van der Waals surface area contributed by atoms with Crippen molar-refractivity contribution >= 4 is 29.3 Å². The second-order valence-corrected chi connectivity index (χ2v) is 7.71. The Kier molecular flexibility index (Phi) is 5.79. The van der Waals surface area contributed by atoms with Gasteiger partial charge in [0, 0.05) is 23.3 Å². The van der Waals surface area contributed by atoms with Crippen molar-refractivity contribution in [2.45, 2.75) is 48.9 Å². The first-order valence-corrected chi connectivity index (χ1v) is 9.34. The Labute approximate surface area is 146 Å². The normalized spacial score (nSPS) is 23.5. The Morgan fingerprint density at radius 3 is 2.96 bits per heavy atom. The summed E-state index contributed by atoms with van der Waals surface area (Å²) in [5, 5.41) is 0.450. The monoisotopic (exact) mass is 349 g/mol. The Morgan fingerprint density at radius 1 is 1.33 bits per heavy atom. The minimum absolute atomic E-state index is 0.0521. The van der Waals surface area contributed by atoms with E-state index in [4.69, 9.17) is 9.47 Å². The molecule has 130 valence electrons. The second-order valence-electron chi connectivity index (χ2n) is 6.23. The van der Waals surface area contributed by atoms with Gasteiger partial charge in [0.05, 0.1) is 18.2 Å². The average Bonchev–Trinajstić information content (AvgIpc) is 3.01. The number of ether oxygens (including phenoxy) is 2. The molecule has 2 heterocycles. The van der Waals surface area contributed by atoms with E-state index in [0.29, 0.717) is 18.4 Å². The van der Waals surface area contributed by atoms with Crippen LogP contribution in [0.3, 0.4) is 0 Å². The van der Waals surface area contributed by atoms with Gasteiger partial charge in [-0.1, -0.05) is 19.1 Å². The topological polar surface area (TPSA) is 55.8 Å². The van der Waals surface area contributed by atoms with E-state index in [2.05, 4.69) is 6.92 Å². The summed E-state index contributed by atoms with van der Waals surface area (Å²) in [4.78, 5) is 27.3. The molecule has 2 atom stereocenters. The maximum atomic E-state index is 12.6. The number of benzene rings is 1. The van der Waals surface area contributed by atoms with E-state index >= 15 is 0 Å². The number of thioether (sulfide) groups is 1. The number of nitrogens with zero attached hydrogens (tertiary/aromatic N) is 1. The summed E-state index contributed by atoms with van der Waals surface area (Å²) in [6.07, 6.45) is 2.96. The lowest BCUT2D eigenvalue weighted by molar-refractivity contribution is -0.149. The smallest absolute Gasteiger partial charge is 0.308 e. The lowest BCUT2D eigenvalue weighted by atomic mass is 10.2. The van der Waals surface area contributed by atoms with Gasteiger partial charge < -0.3 is 14.4 Å². The van der Waals surface area contributed by atoms with E-state index in [1.54, 1.807) is 16.7 Å². The third-order valence-electron chi connectivity index (χ3n) is 4.32. The zero-order chi connectivity index (χ0) is 16.9. The zero-order valence-corrected chi connectivity index (χ0v) is 14.7. The minimum atomic E-state index is -0.360. The molecule has 0 spiro atoms. The lowest BCUT2D eigenvalue weighted by Crippen LogP contribution is -2.36. The van der Waals surface area contributed by atoms with Crippen LogP contribution in [-0.4, -0.2) is 43.0 Å². The van der Waals surface area contributed by atoms with Gasteiger partial charge in [-0.15, -0.1) is 11.8 Å². The minimum Gasteiger partial charge on any atom is -0.455 e. The highest BCUT2D eigenvalue weighted by Crippen LogP contribution is 2.37. The van der Waals surface area contributed by atoms with Crippen LogP contribution in [0.4, 0.5) is 5.69 Å². The third kappa shape index (κ3) is 4.30. The number of para-hydroxylation sites is 1. The van der Waals surface area contributed by atoms with Crippen LogP contribution in [-0.2, 0) is 19.1 Å². The molecule has 0 N–H and O–H groups in total. The quantitative estimate of drug-likeness (QED) is 0.782. The predicted molar refractivity (Wildman–Crippen MR) is 93.3 cm³/mol. The molecule has 1 aromatic rings. The molecule has 0 aliphatic carbocycles. The standard InChI is InChI=1S/C18H23NO4S/c1-13-8-9-19(15-6-2-3-7-16(15)24-13)17(20)12-23-18(21)11-14-5-4-10-22-14/h2-3,6-7,13-14H,4-5,8-12H2,1H3/t13-,14+/m1/s1. The van der Waals surface area contributed by atoms with Crippen molar-refractivity contribution in [2.75, 3.05) is 24.7 Å². The molecule has 0 unspecified atom stereocenters. The molecule has 1 amide bonds. The van der Waals surface area contributed by atoms with Gasteiger partial charge in [0.15, 0.2) is 6.61 Å². The highest BCUT2D eigenvalue weighted by molar-refractivity contribution is 8.00. The molecule has 0 aromatic heterocycles. The van der Waals surface area contributed by atoms with Gasteiger partial charge in [-0.25, -0.2) is 0 Å². The van der Waals surface area contributed by atoms with Crippen LogP contribution in [0.15, 0.2) is 29.2 Å². The SMILES string of the molecule is C[C@@H]1CCN(C(=O)COC(=O)C[C@@H]2CCCO2)c2ccccc2S1. The van der Waals surface area contributed by atoms with Gasteiger partial charge in [-0.2, -0.15) is 0 Å². The van der Waals surface area contributed by atoms with Crippen molar-refractivity contribution in [2.24, 2.45) is 0 Å². The fourth-order valence-electron chi connectivity index (χ4n) is 3.02. The molecule has 1 saturated heterocycles. The van der Waals surface area contributed by atoms with Crippen LogP contribution in [0.2, 0.25) is 0 Å². The Morgan fingerprint density at radius 2 is 2.17 bits per heavy atom. The van der Waals surface area contributed by atoms with Crippen molar-refractivity contribution in [3.63, 3.8) is 0 Å². The van der Waals surface area contributed by atoms with E-state index in [0.717, 1.165) is 29.8 Å². The molecule has 2 aliphatic rings. The number of carbonyl (C=O) groups excluding carboxylic acids is 2. The molecule has 1 aromatic carbocycles. The van der Waals surface area contributed by atoms with Gasteiger partial charge in [0.2, 0.25) is 0 Å². The Hall–Kier alpha value is -1.53. The molecule has 1 fully saturated rings. The van der Waals surface area contributed by atoms with Crippen LogP contribution < -0.4 is 4.90 Å². The van der Waals surface area contributed by atoms with Gasteiger partial charge in [-0.05, 0) is 31.4 Å². The number of rotatable bonds is 4. The summed E-state index contributed by atoms with van der Waals surface area (Å²) in [7, 11) is 0. The van der Waals surface area contributed by atoms with E-state index in [-0.39, 0.29) is 31.0 Å². The van der Waals surface area contributed by atoms with Crippen molar-refractivity contribution in [1.29, 1.82) is 0 Å². The van der Waals surface area contributed by atoms with Gasteiger partial charge in [0.1, 0.15) is 0 Å². The average molecular weight is 349 g/mol. The molecule has 5 nitrogen and oxygen atoms in total. The summed E-state index contributed by atoms with van der Waals surface area (Å²) in [5.74, 6) is -0.529. The summed E-state index contributed by atoms with van der Waals surface area (Å²) in [6, 6.07) is 7.89. The third-order valence-corrected chi connectivity index (χ3v) is 5.56. The number of fused-ring (bicyclic) bond motifs is 1. The highest BCUT2D eigenvalue weighted by Gasteiger charge is 2.25. The van der Waals surface area contributed by atoms with E-state index in [1.165, 1.54) is 0 Å². The first-order valence-electron chi connectivity index (χ1n) is 8.47. The fourth-order valence-corrected chi connectivity index (χ4v) is 4.13. The number of hydrogen-bond acceptors (Lipinski definition) is 5. The lowest BCUT2D eigenvalue weighted by Gasteiger charge is -2.22. The van der Waals surface area contributed by atoms with Crippen LogP contribution in [0.25, 0.3) is 0 Å². The van der Waals surface area contributed by atoms with Crippen molar-refractivity contribution in [3.05, 3.63) is 24.3 Å². The van der Waals surface area contributed by atoms with Crippen LogP contribution in [0.1, 0.15) is 32.6 Å². The van der Waals surface area contributed by atoms with E-state index in [1.807, 2.05) is 24.3 Å². The predicted octanol–water partition coefficient (Wildman–Crippen LogP) is 3.02. The fraction of sp³-hybridized carbons (Fsp3) is 0.556. The van der Waals surface area contributed by atoms with Crippen LogP contribution in [0.5, 0.6) is 0 Å². The second kappa shape index (κ2) is 8.03. The van der Waals surface area contributed by atoms with Crippen molar-refractivity contribution in [3.8, 4) is 0 Å². The maximum Gasteiger partial charge on any atom is 0.308 e. The van der Waals surface area contributed by atoms with Gasteiger partial charge >= 0.3 is 5.97 Å². The van der Waals surface area contributed by atoms with E-state index < -0.39 is 0 Å². The summed E-state index contributed by atoms with van der Waals surface area (Å²) < 4.78 is 10.6.